The van der Waals surface area contributed by atoms with Gasteiger partial charge >= 0.3 is 141 Å². The van der Waals surface area contributed by atoms with Gasteiger partial charge in [0.1, 0.15) is 0 Å². The topological polar surface area (TPSA) is 17.8 Å². The van der Waals surface area contributed by atoms with Crippen molar-refractivity contribution in [3.8, 4) is 50.5 Å². The Morgan fingerprint density at radius 2 is 1.28 bits per heavy atom. The predicted octanol–water partition coefficient (Wildman–Crippen LogP) is 17.1. The largest absolute Gasteiger partial charge is 3.00 e. The van der Waals surface area contributed by atoms with Gasteiger partial charge in [-0.05, 0) is 61.6 Å². The zero-order valence-corrected chi connectivity index (χ0v) is 44.0. The standard InChI is InChI=1S/C45H27N2S.C18H22Ge.Ir/c1-3-12-29(13-4-1)32-17-11-18-33(28-32)47-40-27-26-36-34-19-8-7-16-31(34)22-23-37(36)43(40)46-45(47)39-25-24-35(30-14-5-2-6-15-30)42-38-20-9-10-21-41(38)48-44(39)42;1-14(2)17-13-16(15-9-7-6-8-10-15)11-12-18(17)19(3,4)5;/h1-24,26-28H;6-9,12-14H,1-5H3;/q-1;-2;+3/i;14D;. The SMILES string of the molecule is [2H]C(C)(C)c1cc(-c2[c-]cccc2)[c-]c[c]1[Ge]([CH3])([CH3])[CH3].[Ir+3].[c-]1cc(-c2ccccc2)c2c(sc3ccccc32)c1-c1nc2c3ccc4ccccc4c3ccc2n1-c1cccc(-c2ccccc2)c1. The van der Waals surface area contributed by atoms with E-state index in [1.807, 2.05) is 49.4 Å². The van der Waals surface area contributed by atoms with Crippen molar-refractivity contribution in [2.45, 2.75) is 37.0 Å². The molecule has 5 heteroatoms. The van der Waals surface area contributed by atoms with Crippen LogP contribution in [0.15, 0.2) is 200 Å². The molecule has 0 aliphatic carbocycles. The zero-order chi connectivity index (χ0) is 46.6. The summed E-state index contributed by atoms with van der Waals surface area (Å²) in [6, 6.07) is 81.2. The van der Waals surface area contributed by atoms with E-state index in [4.69, 9.17) is 6.35 Å². The monoisotopic (exact) mass is 1130 g/mol. The van der Waals surface area contributed by atoms with E-state index < -0.39 is 19.2 Å². The van der Waals surface area contributed by atoms with Crippen molar-refractivity contribution in [2.24, 2.45) is 0 Å². The van der Waals surface area contributed by atoms with Crippen LogP contribution in [0.1, 0.15) is 26.7 Å². The van der Waals surface area contributed by atoms with Gasteiger partial charge in [-0.25, -0.2) is 0 Å². The average Bonchev–Trinajstić information content (AvgIpc) is 3.96. The molecule has 0 aliphatic rings. The molecule has 2 heterocycles. The van der Waals surface area contributed by atoms with Crippen LogP contribution in [0.5, 0.6) is 0 Å². The number of hydrogen-bond donors (Lipinski definition) is 0. The maximum Gasteiger partial charge on any atom is 3.00 e. The fourth-order valence-corrected chi connectivity index (χ4v) is 14.2. The molecule has 68 heavy (non-hydrogen) atoms. The van der Waals surface area contributed by atoms with Crippen LogP contribution in [0.3, 0.4) is 0 Å². The summed E-state index contributed by atoms with van der Waals surface area (Å²) in [5.74, 6) is 7.42. The molecule has 0 unspecified atom stereocenters. The molecule has 12 aromatic rings. The van der Waals surface area contributed by atoms with E-state index in [1.54, 1.807) is 0 Å². The number of benzene rings is 10. The molecule has 330 valence electrons. The summed E-state index contributed by atoms with van der Waals surface area (Å²) in [6.07, 6.45) is 0. The first-order valence-electron chi connectivity index (χ1n) is 23.5. The molecule has 2 nitrogen and oxygen atoms in total. The van der Waals surface area contributed by atoms with Crippen molar-refractivity contribution >= 4 is 81.7 Å². The Kier molecular flexibility index (Phi) is 12.3. The number of imidazole rings is 1. The molecular weight excluding hydrogens is 1080 g/mol. The summed E-state index contributed by atoms with van der Waals surface area (Å²) >= 11 is -0.168. The minimum atomic E-state index is -1.99. The van der Waals surface area contributed by atoms with Crippen LogP contribution in [-0.4, -0.2) is 22.8 Å². The van der Waals surface area contributed by atoms with Crippen LogP contribution in [0, 0.1) is 18.2 Å². The van der Waals surface area contributed by atoms with Crippen molar-refractivity contribution in [2.75, 3.05) is 0 Å². The van der Waals surface area contributed by atoms with Gasteiger partial charge in [-0.1, -0.05) is 156 Å². The number of nitrogens with zero attached hydrogens (tertiary/aromatic N) is 2. The summed E-state index contributed by atoms with van der Waals surface area (Å²) in [6.45, 7) is 3.94. The van der Waals surface area contributed by atoms with Crippen LogP contribution in [0.4, 0.5) is 0 Å². The Morgan fingerprint density at radius 3 is 2.03 bits per heavy atom. The van der Waals surface area contributed by atoms with Crippen molar-refractivity contribution in [3.05, 3.63) is 224 Å². The van der Waals surface area contributed by atoms with E-state index in [0.29, 0.717) is 0 Å². The summed E-state index contributed by atoms with van der Waals surface area (Å²) in [5, 5.41) is 7.35. The van der Waals surface area contributed by atoms with Gasteiger partial charge in [0.15, 0.2) is 0 Å². The van der Waals surface area contributed by atoms with Gasteiger partial charge in [0, 0.05) is 15.8 Å². The van der Waals surface area contributed by atoms with Gasteiger partial charge in [-0.3, -0.25) is 4.98 Å². The molecule has 0 atom stereocenters. The van der Waals surface area contributed by atoms with E-state index >= 15 is 0 Å². The first-order chi connectivity index (χ1) is 33.0. The second kappa shape index (κ2) is 18.9. The van der Waals surface area contributed by atoms with Gasteiger partial charge in [-0.2, -0.15) is 11.3 Å². The summed E-state index contributed by atoms with van der Waals surface area (Å²) in [7, 11) is 0. The van der Waals surface area contributed by atoms with E-state index in [2.05, 4.69) is 216 Å². The van der Waals surface area contributed by atoms with Gasteiger partial charge in [0.25, 0.3) is 0 Å². The first-order valence-corrected chi connectivity index (χ1v) is 31.1. The molecule has 0 fully saturated rings. The van der Waals surface area contributed by atoms with Gasteiger partial charge < -0.3 is 4.57 Å². The third-order valence-electron chi connectivity index (χ3n) is 12.8. The van der Waals surface area contributed by atoms with Crippen LogP contribution < -0.4 is 4.40 Å². The van der Waals surface area contributed by atoms with Crippen LogP contribution >= 0.6 is 11.3 Å². The van der Waals surface area contributed by atoms with Gasteiger partial charge in [0.05, 0.1) is 16.9 Å². The summed E-state index contributed by atoms with van der Waals surface area (Å²) < 4.78 is 14.6. The van der Waals surface area contributed by atoms with Crippen molar-refractivity contribution < 1.29 is 21.5 Å². The van der Waals surface area contributed by atoms with E-state index in [9.17, 15) is 0 Å². The number of fused-ring (bicyclic) bond motifs is 8. The number of aromatic nitrogens is 2. The Hall–Kier alpha value is -6.40. The molecule has 12 rings (SSSR count). The van der Waals surface area contributed by atoms with E-state index in [-0.39, 0.29) is 20.1 Å². The molecule has 0 saturated heterocycles. The third kappa shape index (κ3) is 8.45. The molecule has 0 bridgehead atoms. The summed E-state index contributed by atoms with van der Waals surface area (Å²) in [5.41, 5.74) is 12.1. The maximum absolute atomic E-state index is 8.46. The molecule has 2 aromatic heterocycles. The molecule has 0 radical (unpaired) electrons. The zero-order valence-electron chi connectivity index (χ0n) is 39.7. The molecular formula is C63H49GeIrN2S. The minimum Gasteiger partial charge on any atom is -0.333 e. The maximum atomic E-state index is 8.46. The summed E-state index contributed by atoms with van der Waals surface area (Å²) in [4.78, 5) is 5.56. The van der Waals surface area contributed by atoms with E-state index in [0.717, 1.165) is 50.2 Å². The fourth-order valence-electron chi connectivity index (χ4n) is 9.54. The van der Waals surface area contributed by atoms with Crippen molar-refractivity contribution in [1.29, 1.82) is 0 Å². The van der Waals surface area contributed by atoms with Crippen LogP contribution in [0.25, 0.3) is 103 Å². The van der Waals surface area contributed by atoms with Crippen LogP contribution in [-0.2, 0) is 20.1 Å². The third-order valence-corrected chi connectivity index (χ3v) is 18.3. The van der Waals surface area contributed by atoms with Crippen molar-refractivity contribution in [1.82, 2.24) is 9.55 Å². The Bertz CT molecular complexity index is 3810. The van der Waals surface area contributed by atoms with Crippen molar-refractivity contribution in [3.63, 3.8) is 0 Å². The van der Waals surface area contributed by atoms with Gasteiger partial charge in [-0.15, -0.1) is 12.1 Å². The van der Waals surface area contributed by atoms with Crippen LogP contribution in [0.2, 0.25) is 17.3 Å². The second-order valence-corrected chi connectivity index (χ2v) is 30.1. The average molecular weight is 1130 g/mol. The first kappa shape index (κ1) is 44.1. The Labute approximate surface area is 421 Å². The number of hydrogen-bond acceptors (Lipinski definition) is 2. The Morgan fingerprint density at radius 1 is 0.588 bits per heavy atom. The smallest absolute Gasteiger partial charge is 0.333 e. The molecule has 0 aliphatic heterocycles. The Balaban J connectivity index is 0.000000223. The fraction of sp³-hybridized carbons (Fsp3) is 0.0952. The molecule has 10 aromatic carbocycles. The molecule has 0 saturated carbocycles. The number of rotatable bonds is 7. The molecule has 0 amide bonds. The normalized spacial score (nSPS) is 12.0. The second-order valence-electron chi connectivity index (χ2n) is 18.4. The molecule has 0 N–H and O–H groups in total. The predicted molar refractivity (Wildman–Crippen MR) is 291 cm³/mol. The number of thiophene rings is 1. The quantitative estimate of drug-likeness (QED) is 0.0883. The minimum absolute atomic E-state index is 0. The van der Waals surface area contributed by atoms with Gasteiger partial charge in [0.2, 0.25) is 0 Å². The van der Waals surface area contributed by atoms with E-state index in [1.165, 1.54) is 63.0 Å². The molecule has 0 spiro atoms.